The predicted molar refractivity (Wildman–Crippen MR) is 66.5 cm³/mol. The number of carbonyl (C=O) groups is 1. The normalized spacial score (nSPS) is 10.6. The van der Waals surface area contributed by atoms with Crippen LogP contribution in [0.5, 0.6) is 0 Å². The first-order chi connectivity index (χ1) is 8.49. The standard InChI is InChI=1S/C10H8FN3O2S2/c1-4-13-10(18-14-4)17-6-3-2-5(11)8(12)7(6)9(15)16/h2-3H,12H2,1H3,(H,15,16). The molecule has 1 heterocycles. The van der Waals surface area contributed by atoms with E-state index >= 15 is 0 Å². The van der Waals surface area contributed by atoms with Gasteiger partial charge in [0.2, 0.25) is 0 Å². The Bertz CT molecular complexity index is 615. The maximum atomic E-state index is 13.2. The van der Waals surface area contributed by atoms with E-state index in [1.807, 2.05) is 0 Å². The molecule has 3 N–H and O–H groups in total. The summed E-state index contributed by atoms with van der Waals surface area (Å²) in [6, 6.07) is 2.51. The first-order valence-electron chi connectivity index (χ1n) is 4.78. The molecule has 1 aromatic carbocycles. The highest BCUT2D eigenvalue weighted by atomic mass is 32.2. The van der Waals surface area contributed by atoms with E-state index in [-0.39, 0.29) is 11.3 Å². The summed E-state index contributed by atoms with van der Waals surface area (Å²) in [4.78, 5) is 15.5. The van der Waals surface area contributed by atoms with Crippen molar-refractivity contribution in [3.05, 3.63) is 29.3 Å². The fraction of sp³-hybridized carbons (Fsp3) is 0.100. The molecule has 0 spiro atoms. The van der Waals surface area contributed by atoms with Crippen molar-refractivity contribution in [2.45, 2.75) is 16.2 Å². The van der Waals surface area contributed by atoms with E-state index in [1.165, 1.54) is 6.07 Å². The summed E-state index contributed by atoms with van der Waals surface area (Å²) >= 11 is 2.25. The lowest BCUT2D eigenvalue weighted by molar-refractivity contribution is 0.0694. The summed E-state index contributed by atoms with van der Waals surface area (Å²) < 4.78 is 17.8. The lowest BCUT2D eigenvalue weighted by atomic mass is 10.2. The SMILES string of the molecule is Cc1nsc(Sc2ccc(F)c(N)c2C(=O)O)n1. The van der Waals surface area contributed by atoms with Crippen LogP contribution in [0.1, 0.15) is 16.2 Å². The van der Waals surface area contributed by atoms with Gasteiger partial charge in [-0.2, -0.15) is 4.37 Å². The van der Waals surface area contributed by atoms with Crippen molar-refractivity contribution in [2.75, 3.05) is 5.73 Å². The topological polar surface area (TPSA) is 89.1 Å². The number of aromatic carboxylic acids is 1. The highest BCUT2D eigenvalue weighted by Crippen LogP contribution is 2.34. The van der Waals surface area contributed by atoms with Crippen molar-refractivity contribution >= 4 is 35.0 Å². The lowest BCUT2D eigenvalue weighted by Crippen LogP contribution is -2.06. The van der Waals surface area contributed by atoms with Gasteiger partial charge in [-0.25, -0.2) is 14.2 Å². The van der Waals surface area contributed by atoms with Crippen LogP contribution < -0.4 is 5.73 Å². The molecular formula is C10H8FN3O2S2. The molecule has 0 saturated heterocycles. The van der Waals surface area contributed by atoms with Crippen molar-refractivity contribution in [2.24, 2.45) is 0 Å². The highest BCUT2D eigenvalue weighted by Gasteiger charge is 2.19. The summed E-state index contributed by atoms with van der Waals surface area (Å²) in [5.74, 6) is -1.41. The minimum Gasteiger partial charge on any atom is -0.478 e. The fourth-order valence-electron chi connectivity index (χ4n) is 1.29. The molecule has 0 aliphatic heterocycles. The van der Waals surface area contributed by atoms with Crippen LogP contribution in [-0.2, 0) is 0 Å². The number of halogens is 1. The Balaban J connectivity index is 2.44. The van der Waals surface area contributed by atoms with Gasteiger partial charge in [-0.05, 0) is 30.6 Å². The van der Waals surface area contributed by atoms with Crippen LogP contribution in [0.2, 0.25) is 0 Å². The van der Waals surface area contributed by atoms with Gasteiger partial charge in [0.15, 0.2) is 4.34 Å². The van der Waals surface area contributed by atoms with Crippen LogP contribution in [0.4, 0.5) is 10.1 Å². The number of nitrogens with zero attached hydrogens (tertiary/aromatic N) is 2. The van der Waals surface area contributed by atoms with Crippen molar-refractivity contribution in [1.29, 1.82) is 0 Å². The van der Waals surface area contributed by atoms with E-state index in [2.05, 4.69) is 9.36 Å². The summed E-state index contributed by atoms with van der Waals surface area (Å²) in [6.45, 7) is 1.73. The fourth-order valence-corrected chi connectivity index (χ4v) is 3.05. The molecule has 0 aliphatic carbocycles. The van der Waals surface area contributed by atoms with Crippen molar-refractivity contribution in [1.82, 2.24) is 9.36 Å². The van der Waals surface area contributed by atoms with Crippen LogP contribution in [0.3, 0.4) is 0 Å². The number of hydrogen-bond donors (Lipinski definition) is 2. The van der Waals surface area contributed by atoms with E-state index in [0.717, 1.165) is 29.4 Å². The number of carboxylic acids is 1. The number of nitrogen functional groups attached to an aromatic ring is 1. The van der Waals surface area contributed by atoms with Gasteiger partial charge < -0.3 is 10.8 Å². The minimum atomic E-state index is -1.27. The number of benzene rings is 1. The maximum absolute atomic E-state index is 13.2. The van der Waals surface area contributed by atoms with Gasteiger partial charge in [-0.3, -0.25) is 0 Å². The van der Waals surface area contributed by atoms with Gasteiger partial charge in [0.1, 0.15) is 11.6 Å². The molecule has 2 aromatic rings. The largest absolute Gasteiger partial charge is 0.478 e. The summed E-state index contributed by atoms with van der Waals surface area (Å²) in [5.41, 5.74) is 4.83. The molecule has 0 unspecified atom stereocenters. The molecule has 18 heavy (non-hydrogen) atoms. The number of aromatic nitrogens is 2. The number of hydrogen-bond acceptors (Lipinski definition) is 6. The molecule has 0 fully saturated rings. The second-order valence-corrected chi connectivity index (χ2v) is 5.39. The first-order valence-corrected chi connectivity index (χ1v) is 6.37. The molecule has 0 aliphatic rings. The summed E-state index contributed by atoms with van der Waals surface area (Å²) in [5, 5.41) is 9.06. The molecule has 0 bridgehead atoms. The zero-order valence-corrected chi connectivity index (χ0v) is 10.8. The molecule has 0 amide bonds. The van der Waals surface area contributed by atoms with Crippen LogP contribution in [-0.4, -0.2) is 20.4 Å². The average Bonchev–Trinajstić information content (AvgIpc) is 2.69. The van der Waals surface area contributed by atoms with Crippen LogP contribution in [0, 0.1) is 12.7 Å². The molecular weight excluding hydrogens is 277 g/mol. The zero-order valence-electron chi connectivity index (χ0n) is 9.18. The summed E-state index contributed by atoms with van der Waals surface area (Å²) in [6.07, 6.45) is 0. The van der Waals surface area contributed by atoms with E-state index < -0.39 is 11.8 Å². The van der Waals surface area contributed by atoms with Gasteiger partial charge >= 0.3 is 5.97 Å². The third-order valence-electron chi connectivity index (χ3n) is 2.07. The molecule has 94 valence electrons. The molecule has 0 atom stereocenters. The molecule has 0 saturated carbocycles. The van der Waals surface area contributed by atoms with Crippen LogP contribution >= 0.6 is 23.3 Å². The second-order valence-electron chi connectivity index (χ2n) is 3.35. The molecule has 8 heteroatoms. The number of nitrogens with two attached hydrogens (primary N) is 1. The molecule has 2 rings (SSSR count). The quantitative estimate of drug-likeness (QED) is 0.842. The molecule has 5 nitrogen and oxygen atoms in total. The van der Waals surface area contributed by atoms with Crippen molar-refractivity contribution in [3.63, 3.8) is 0 Å². The zero-order chi connectivity index (χ0) is 13.3. The Kier molecular flexibility index (Phi) is 3.48. The number of rotatable bonds is 3. The Morgan fingerprint density at radius 2 is 2.28 bits per heavy atom. The van der Waals surface area contributed by atoms with Gasteiger partial charge in [0, 0.05) is 4.90 Å². The Labute approximate surface area is 110 Å². The van der Waals surface area contributed by atoms with Gasteiger partial charge in [-0.15, -0.1) is 0 Å². The van der Waals surface area contributed by atoms with Gasteiger partial charge in [0.25, 0.3) is 0 Å². The Morgan fingerprint density at radius 3 is 2.83 bits per heavy atom. The van der Waals surface area contributed by atoms with Gasteiger partial charge in [-0.1, -0.05) is 11.8 Å². The van der Waals surface area contributed by atoms with Crippen LogP contribution in [0.25, 0.3) is 0 Å². The second kappa shape index (κ2) is 4.91. The third-order valence-corrected chi connectivity index (χ3v) is 3.98. The monoisotopic (exact) mass is 285 g/mol. The number of anilines is 1. The third kappa shape index (κ3) is 2.44. The van der Waals surface area contributed by atoms with Gasteiger partial charge in [0.05, 0.1) is 11.3 Å². The smallest absolute Gasteiger partial charge is 0.339 e. The van der Waals surface area contributed by atoms with Crippen molar-refractivity contribution < 1.29 is 14.3 Å². The maximum Gasteiger partial charge on any atom is 0.339 e. The molecule has 1 aromatic heterocycles. The van der Waals surface area contributed by atoms with Crippen LogP contribution in [0.15, 0.2) is 21.4 Å². The average molecular weight is 285 g/mol. The highest BCUT2D eigenvalue weighted by molar-refractivity contribution is 8.01. The summed E-state index contributed by atoms with van der Waals surface area (Å²) in [7, 11) is 0. The minimum absolute atomic E-state index is 0.243. The Hall–Kier alpha value is -1.67. The number of aryl methyl sites for hydroxylation is 1. The first kappa shape index (κ1) is 12.8. The van der Waals surface area contributed by atoms with Crippen molar-refractivity contribution in [3.8, 4) is 0 Å². The Morgan fingerprint density at radius 1 is 1.56 bits per heavy atom. The van der Waals surface area contributed by atoms with E-state index in [0.29, 0.717) is 15.1 Å². The number of carboxylic acid groups (broad SMARTS) is 1. The predicted octanol–water partition coefficient (Wildman–Crippen LogP) is 2.42. The van der Waals surface area contributed by atoms with E-state index in [9.17, 15) is 9.18 Å². The lowest BCUT2D eigenvalue weighted by Gasteiger charge is -2.07. The molecule has 0 radical (unpaired) electrons. The van der Waals surface area contributed by atoms with E-state index in [1.54, 1.807) is 6.92 Å². The van der Waals surface area contributed by atoms with E-state index in [4.69, 9.17) is 10.8 Å².